The number of nitrogens with zero attached hydrogens (tertiary/aromatic N) is 2. The molecule has 128 valence electrons. The Morgan fingerprint density at radius 3 is 2.52 bits per heavy atom. The van der Waals surface area contributed by atoms with Gasteiger partial charge in [0.05, 0.1) is 25.4 Å². The van der Waals surface area contributed by atoms with Crippen LogP contribution in [0.1, 0.15) is 24.0 Å². The van der Waals surface area contributed by atoms with Gasteiger partial charge in [0.2, 0.25) is 5.95 Å². The van der Waals surface area contributed by atoms with E-state index in [1.54, 1.807) is 14.2 Å². The third-order valence-corrected chi connectivity index (χ3v) is 4.87. The molecule has 4 rings (SSSR count). The lowest BCUT2D eigenvalue weighted by Gasteiger charge is -2.20. The molecule has 0 aliphatic heterocycles. The highest BCUT2D eigenvalue weighted by molar-refractivity contribution is 5.96. The van der Waals surface area contributed by atoms with E-state index in [-0.39, 0.29) is 5.95 Å². The minimum atomic E-state index is 0.267. The van der Waals surface area contributed by atoms with E-state index in [0.29, 0.717) is 11.5 Å². The van der Waals surface area contributed by atoms with Gasteiger partial charge in [-0.05, 0) is 42.9 Å². The summed E-state index contributed by atoms with van der Waals surface area (Å²) in [4.78, 5) is 8.97. The molecule has 1 aliphatic carbocycles. The zero-order chi connectivity index (χ0) is 17.4. The van der Waals surface area contributed by atoms with Crippen LogP contribution in [0.5, 0.6) is 11.5 Å². The molecular weight excluding hydrogens is 314 g/mol. The lowest BCUT2D eigenvalue weighted by atomic mass is 9.86. The maximum atomic E-state index is 6.01. The number of methoxy groups -OCH3 is 2. The monoisotopic (exact) mass is 335 g/mol. The van der Waals surface area contributed by atoms with Crippen molar-refractivity contribution in [2.24, 2.45) is 0 Å². The van der Waals surface area contributed by atoms with Gasteiger partial charge >= 0.3 is 0 Å². The van der Waals surface area contributed by atoms with Crippen molar-refractivity contribution >= 4 is 16.9 Å². The standard InChI is InChI=1S/C20H21N3O2/c1-24-17-10-15-16(11-18(17)25-2)22-20(21)23-19(15)14-9-5-7-12-6-3-4-8-13(12)14/h5,7,9-11H,3-4,6,8H2,1-2H3,(H2,21,22,23). The van der Waals surface area contributed by atoms with Crippen LogP contribution in [-0.4, -0.2) is 24.2 Å². The second-order valence-corrected chi connectivity index (χ2v) is 6.31. The van der Waals surface area contributed by atoms with Crippen molar-refractivity contribution in [1.29, 1.82) is 0 Å². The second-order valence-electron chi connectivity index (χ2n) is 6.31. The first-order valence-electron chi connectivity index (χ1n) is 8.51. The van der Waals surface area contributed by atoms with Gasteiger partial charge in [0.25, 0.3) is 0 Å². The van der Waals surface area contributed by atoms with Gasteiger partial charge in [-0.3, -0.25) is 0 Å². The van der Waals surface area contributed by atoms with Crippen molar-refractivity contribution < 1.29 is 9.47 Å². The van der Waals surface area contributed by atoms with Gasteiger partial charge in [0.1, 0.15) is 0 Å². The van der Waals surface area contributed by atoms with E-state index in [1.807, 2.05) is 12.1 Å². The van der Waals surface area contributed by atoms with Gasteiger partial charge in [-0.15, -0.1) is 0 Å². The van der Waals surface area contributed by atoms with E-state index in [1.165, 1.54) is 24.0 Å². The number of aromatic nitrogens is 2. The highest BCUT2D eigenvalue weighted by Gasteiger charge is 2.19. The van der Waals surface area contributed by atoms with Crippen molar-refractivity contribution in [3.63, 3.8) is 0 Å². The summed E-state index contributed by atoms with van der Waals surface area (Å²) < 4.78 is 10.9. The van der Waals surface area contributed by atoms with Crippen LogP contribution in [0.2, 0.25) is 0 Å². The number of fused-ring (bicyclic) bond motifs is 2. The third kappa shape index (κ3) is 2.65. The zero-order valence-electron chi connectivity index (χ0n) is 14.5. The largest absolute Gasteiger partial charge is 0.493 e. The molecule has 0 amide bonds. The van der Waals surface area contributed by atoms with E-state index in [2.05, 4.69) is 28.2 Å². The number of anilines is 1. The summed E-state index contributed by atoms with van der Waals surface area (Å²) >= 11 is 0. The molecule has 0 spiro atoms. The molecule has 5 nitrogen and oxygen atoms in total. The molecule has 1 aliphatic rings. The SMILES string of the molecule is COc1cc2nc(N)nc(-c3cccc4c3CCCC4)c2cc1OC. The molecule has 0 radical (unpaired) electrons. The normalized spacial score (nSPS) is 13.5. The Hall–Kier alpha value is -2.82. The highest BCUT2D eigenvalue weighted by atomic mass is 16.5. The smallest absolute Gasteiger partial charge is 0.221 e. The first-order valence-corrected chi connectivity index (χ1v) is 8.51. The quantitative estimate of drug-likeness (QED) is 0.789. The lowest BCUT2D eigenvalue weighted by Crippen LogP contribution is -2.06. The van der Waals surface area contributed by atoms with Crippen molar-refractivity contribution in [2.45, 2.75) is 25.7 Å². The van der Waals surface area contributed by atoms with Crippen LogP contribution in [0, 0.1) is 0 Å². The summed E-state index contributed by atoms with van der Waals surface area (Å²) in [6, 6.07) is 10.2. The molecule has 5 heteroatoms. The van der Waals surface area contributed by atoms with E-state index >= 15 is 0 Å². The van der Waals surface area contributed by atoms with Gasteiger partial charge in [0.15, 0.2) is 11.5 Å². The van der Waals surface area contributed by atoms with Crippen LogP contribution < -0.4 is 15.2 Å². The van der Waals surface area contributed by atoms with E-state index in [4.69, 9.17) is 15.2 Å². The van der Waals surface area contributed by atoms with Crippen LogP contribution in [0.4, 0.5) is 5.95 Å². The van der Waals surface area contributed by atoms with Crippen LogP contribution >= 0.6 is 0 Å². The molecule has 3 aromatic rings. The van der Waals surface area contributed by atoms with Gasteiger partial charge in [-0.25, -0.2) is 9.97 Å². The minimum absolute atomic E-state index is 0.267. The first kappa shape index (κ1) is 15.7. The van der Waals surface area contributed by atoms with E-state index in [9.17, 15) is 0 Å². The number of hydrogen-bond acceptors (Lipinski definition) is 5. The van der Waals surface area contributed by atoms with Crippen molar-refractivity contribution in [2.75, 3.05) is 20.0 Å². The average molecular weight is 335 g/mol. The number of ether oxygens (including phenoxy) is 2. The summed E-state index contributed by atoms with van der Waals surface area (Å²) in [6.45, 7) is 0. The Morgan fingerprint density at radius 2 is 1.72 bits per heavy atom. The maximum absolute atomic E-state index is 6.01. The van der Waals surface area contributed by atoms with Crippen molar-refractivity contribution in [1.82, 2.24) is 9.97 Å². The molecule has 25 heavy (non-hydrogen) atoms. The lowest BCUT2D eigenvalue weighted by molar-refractivity contribution is 0.356. The third-order valence-electron chi connectivity index (χ3n) is 4.87. The predicted octanol–water partition coefficient (Wildman–Crippen LogP) is 3.78. The Balaban J connectivity index is 2.02. The molecule has 2 aromatic carbocycles. The van der Waals surface area contributed by atoms with Gasteiger partial charge < -0.3 is 15.2 Å². The summed E-state index contributed by atoms with van der Waals surface area (Å²) in [5, 5.41) is 0.922. The molecule has 0 saturated carbocycles. The minimum Gasteiger partial charge on any atom is -0.493 e. The fraction of sp³-hybridized carbons (Fsp3) is 0.300. The average Bonchev–Trinajstić information content (AvgIpc) is 2.65. The molecule has 2 N–H and O–H groups in total. The molecule has 0 bridgehead atoms. The molecule has 0 saturated heterocycles. The number of aryl methyl sites for hydroxylation is 1. The number of nitrogen functional groups attached to an aromatic ring is 1. The highest BCUT2D eigenvalue weighted by Crippen LogP contribution is 2.38. The molecule has 0 fully saturated rings. The van der Waals surface area contributed by atoms with Crippen LogP contribution in [-0.2, 0) is 12.8 Å². The summed E-state index contributed by atoms with van der Waals surface area (Å²) in [6.07, 6.45) is 4.65. The number of hydrogen-bond donors (Lipinski definition) is 1. The molecule has 0 unspecified atom stereocenters. The molecule has 0 atom stereocenters. The van der Waals surface area contributed by atoms with Gasteiger partial charge in [0, 0.05) is 17.0 Å². The van der Waals surface area contributed by atoms with Gasteiger partial charge in [-0.1, -0.05) is 18.2 Å². The Labute approximate surface area is 146 Å². The maximum Gasteiger partial charge on any atom is 0.221 e. The number of nitrogens with two attached hydrogens (primary N) is 1. The predicted molar refractivity (Wildman–Crippen MR) is 99.1 cm³/mol. The summed E-state index contributed by atoms with van der Waals surface area (Å²) in [5.74, 6) is 1.56. The van der Waals surface area contributed by atoms with Crippen LogP contribution in [0.3, 0.4) is 0 Å². The number of benzene rings is 2. The van der Waals surface area contributed by atoms with Crippen molar-refractivity contribution in [3.05, 3.63) is 41.5 Å². The molecule has 1 aromatic heterocycles. The zero-order valence-corrected chi connectivity index (χ0v) is 14.5. The van der Waals surface area contributed by atoms with Crippen molar-refractivity contribution in [3.8, 4) is 22.8 Å². The van der Waals surface area contributed by atoms with E-state index < -0.39 is 0 Å². The summed E-state index contributed by atoms with van der Waals surface area (Å²) in [5.41, 5.74) is 11.6. The Morgan fingerprint density at radius 1 is 0.960 bits per heavy atom. The Kier molecular flexibility index (Phi) is 3.92. The Bertz CT molecular complexity index is 953. The molecule has 1 heterocycles. The second kappa shape index (κ2) is 6.24. The van der Waals surface area contributed by atoms with Crippen LogP contribution in [0.15, 0.2) is 30.3 Å². The summed E-state index contributed by atoms with van der Waals surface area (Å²) in [7, 11) is 3.24. The first-order chi connectivity index (χ1) is 12.2. The number of rotatable bonds is 3. The topological polar surface area (TPSA) is 70.3 Å². The van der Waals surface area contributed by atoms with Gasteiger partial charge in [-0.2, -0.15) is 0 Å². The fourth-order valence-electron chi connectivity index (χ4n) is 3.68. The van der Waals surface area contributed by atoms with Crippen LogP contribution in [0.25, 0.3) is 22.2 Å². The van der Waals surface area contributed by atoms with E-state index in [0.717, 1.165) is 35.0 Å². The fourth-order valence-corrected chi connectivity index (χ4v) is 3.68. The molecular formula is C20H21N3O2.